The third-order valence-electron chi connectivity index (χ3n) is 5.07. The standard InChI is InChI=1S/C18H19N5O4S/c19-16-13(10-12-7-9-15(27-12)23(25)26)17(24)20-18-22(16)21-14(28-18)8-6-11-4-2-1-3-5-11/h7,9-11,19H,1-6,8H2/b13-10-,19-16?. The number of amidine groups is 2. The molecule has 9 nitrogen and oxygen atoms in total. The van der Waals surface area contributed by atoms with Gasteiger partial charge in [-0.1, -0.05) is 32.1 Å². The minimum atomic E-state index is -0.660. The fourth-order valence-electron chi connectivity index (χ4n) is 3.60. The van der Waals surface area contributed by atoms with E-state index in [1.165, 1.54) is 67.1 Å². The first-order chi connectivity index (χ1) is 13.5. The zero-order valence-corrected chi connectivity index (χ0v) is 15.9. The van der Waals surface area contributed by atoms with Gasteiger partial charge in [0, 0.05) is 0 Å². The van der Waals surface area contributed by atoms with Crippen LogP contribution in [-0.4, -0.2) is 31.9 Å². The molecule has 1 fully saturated rings. The molecule has 0 atom stereocenters. The van der Waals surface area contributed by atoms with Gasteiger partial charge in [-0.05, 0) is 42.7 Å². The Morgan fingerprint density at radius 1 is 1.36 bits per heavy atom. The third kappa shape index (κ3) is 3.77. The average molecular weight is 401 g/mol. The van der Waals surface area contributed by atoms with Gasteiger partial charge in [0.25, 0.3) is 5.91 Å². The number of hydrogen-bond donors (Lipinski definition) is 1. The number of nitrogens with one attached hydrogen (secondary N) is 1. The van der Waals surface area contributed by atoms with Gasteiger partial charge in [0.1, 0.15) is 15.7 Å². The Balaban J connectivity index is 1.48. The van der Waals surface area contributed by atoms with Crippen LogP contribution in [0.3, 0.4) is 0 Å². The van der Waals surface area contributed by atoms with Crippen molar-refractivity contribution in [1.82, 2.24) is 5.01 Å². The van der Waals surface area contributed by atoms with Crippen molar-refractivity contribution in [3.8, 4) is 0 Å². The van der Waals surface area contributed by atoms with Gasteiger partial charge >= 0.3 is 5.88 Å². The Hall–Kier alpha value is -2.75. The van der Waals surface area contributed by atoms with E-state index in [1.54, 1.807) is 0 Å². The quantitative estimate of drug-likeness (QED) is 0.448. The summed E-state index contributed by atoms with van der Waals surface area (Å²) in [5.74, 6) is -0.263. The summed E-state index contributed by atoms with van der Waals surface area (Å²) in [5.41, 5.74) is -0.00845. The smallest absolute Gasteiger partial charge is 0.401 e. The van der Waals surface area contributed by atoms with Gasteiger partial charge in [-0.2, -0.15) is 15.1 Å². The monoisotopic (exact) mass is 401 g/mol. The van der Waals surface area contributed by atoms with Crippen LogP contribution >= 0.6 is 11.8 Å². The van der Waals surface area contributed by atoms with Gasteiger partial charge in [-0.25, -0.2) is 0 Å². The molecular weight excluding hydrogens is 382 g/mol. The Bertz CT molecular complexity index is 926. The van der Waals surface area contributed by atoms with Crippen molar-refractivity contribution in [2.24, 2.45) is 16.0 Å². The highest BCUT2D eigenvalue weighted by Gasteiger charge is 2.36. The highest BCUT2D eigenvalue weighted by molar-refractivity contribution is 8.26. The van der Waals surface area contributed by atoms with Crippen molar-refractivity contribution in [2.75, 3.05) is 0 Å². The van der Waals surface area contributed by atoms with E-state index in [2.05, 4.69) is 10.1 Å². The highest BCUT2D eigenvalue weighted by Crippen LogP contribution is 2.33. The SMILES string of the molecule is N=C1/C(=C/c2ccc([N+](=O)[O-])o2)C(=O)N=C2SC(CCC3CCCCC3)=NN12. The van der Waals surface area contributed by atoms with Crippen molar-refractivity contribution in [3.63, 3.8) is 0 Å². The number of carbonyl (C=O) groups is 1. The lowest BCUT2D eigenvalue weighted by Crippen LogP contribution is -2.35. The molecule has 146 valence electrons. The predicted molar refractivity (Wildman–Crippen MR) is 106 cm³/mol. The number of carbonyl (C=O) groups excluding carboxylic acids is 1. The van der Waals surface area contributed by atoms with Crippen molar-refractivity contribution in [2.45, 2.75) is 44.9 Å². The van der Waals surface area contributed by atoms with Gasteiger partial charge < -0.3 is 4.42 Å². The van der Waals surface area contributed by atoms with E-state index in [4.69, 9.17) is 9.83 Å². The fraction of sp³-hybridized carbons (Fsp3) is 0.444. The van der Waals surface area contributed by atoms with Crippen LogP contribution in [0.2, 0.25) is 0 Å². The van der Waals surface area contributed by atoms with Crippen molar-refractivity contribution in [1.29, 1.82) is 5.41 Å². The molecule has 0 aromatic carbocycles. The van der Waals surface area contributed by atoms with Gasteiger partial charge in [0.2, 0.25) is 5.17 Å². The van der Waals surface area contributed by atoms with E-state index < -0.39 is 16.7 Å². The van der Waals surface area contributed by atoms with Crippen LogP contribution in [0, 0.1) is 21.4 Å². The number of aliphatic imine (C=N–C) groups is 1. The molecule has 4 rings (SSSR count). The zero-order chi connectivity index (χ0) is 19.7. The number of thioether (sulfide) groups is 1. The number of hydrazone groups is 1. The predicted octanol–water partition coefficient (Wildman–Crippen LogP) is 4.17. The Morgan fingerprint density at radius 2 is 2.14 bits per heavy atom. The molecule has 2 aliphatic heterocycles. The normalized spacial score (nSPS) is 21.7. The van der Waals surface area contributed by atoms with Crippen molar-refractivity contribution < 1.29 is 14.1 Å². The second-order valence-corrected chi connectivity index (χ2v) is 8.03. The molecule has 28 heavy (non-hydrogen) atoms. The highest BCUT2D eigenvalue weighted by atomic mass is 32.2. The molecule has 10 heteroatoms. The van der Waals surface area contributed by atoms with Crippen molar-refractivity contribution >= 4 is 45.7 Å². The third-order valence-corrected chi connectivity index (χ3v) is 6.03. The van der Waals surface area contributed by atoms with Crippen LogP contribution in [0.5, 0.6) is 0 Å². The summed E-state index contributed by atoms with van der Waals surface area (Å²) >= 11 is 1.33. The summed E-state index contributed by atoms with van der Waals surface area (Å²) in [7, 11) is 0. The maximum atomic E-state index is 12.3. The molecule has 1 aromatic rings. The molecule has 1 aliphatic carbocycles. The van der Waals surface area contributed by atoms with E-state index in [9.17, 15) is 14.9 Å². The second kappa shape index (κ2) is 7.70. The number of nitrogens with zero attached hydrogens (tertiary/aromatic N) is 4. The Kier molecular flexibility index (Phi) is 5.12. The zero-order valence-electron chi connectivity index (χ0n) is 15.1. The van der Waals surface area contributed by atoms with Crippen LogP contribution in [0.1, 0.15) is 50.7 Å². The molecule has 0 unspecified atom stereocenters. The largest absolute Gasteiger partial charge is 0.433 e. The second-order valence-electron chi connectivity index (χ2n) is 6.99. The fourth-order valence-corrected chi connectivity index (χ4v) is 4.50. The number of amides is 1. The summed E-state index contributed by atoms with van der Waals surface area (Å²) in [6.45, 7) is 0. The lowest BCUT2D eigenvalue weighted by Gasteiger charge is -2.20. The lowest BCUT2D eigenvalue weighted by atomic mass is 9.86. The first kappa shape index (κ1) is 18.6. The number of nitro groups is 1. The summed E-state index contributed by atoms with van der Waals surface area (Å²) < 4.78 is 5.05. The molecule has 1 N–H and O–H groups in total. The summed E-state index contributed by atoms with van der Waals surface area (Å²) in [5, 5.41) is 26.1. The van der Waals surface area contributed by atoms with E-state index in [0.717, 1.165) is 23.8 Å². The van der Waals surface area contributed by atoms with E-state index in [1.807, 2.05) is 0 Å². The first-order valence-corrected chi connectivity index (χ1v) is 10.1. The van der Waals surface area contributed by atoms with Gasteiger partial charge in [0.15, 0.2) is 5.84 Å². The van der Waals surface area contributed by atoms with Crippen LogP contribution in [0.15, 0.2) is 32.2 Å². The van der Waals surface area contributed by atoms with E-state index in [0.29, 0.717) is 5.17 Å². The number of hydrogen-bond acceptors (Lipinski definition) is 7. The molecule has 1 aromatic heterocycles. The lowest BCUT2D eigenvalue weighted by molar-refractivity contribution is -0.402. The molecule has 0 radical (unpaired) electrons. The minimum Gasteiger partial charge on any atom is -0.401 e. The number of fused-ring (bicyclic) bond motifs is 1. The summed E-state index contributed by atoms with van der Waals surface area (Å²) in [4.78, 5) is 26.4. The molecule has 0 bridgehead atoms. The number of furan rings is 1. The van der Waals surface area contributed by atoms with Crippen molar-refractivity contribution in [3.05, 3.63) is 33.6 Å². The first-order valence-electron chi connectivity index (χ1n) is 9.24. The minimum absolute atomic E-state index is 0.00845. The average Bonchev–Trinajstić information content (AvgIpc) is 3.31. The molecule has 3 aliphatic rings. The molecule has 1 saturated carbocycles. The van der Waals surface area contributed by atoms with Gasteiger partial charge in [-0.3, -0.25) is 20.3 Å². The number of rotatable bonds is 5. The Morgan fingerprint density at radius 3 is 2.86 bits per heavy atom. The van der Waals surface area contributed by atoms with E-state index >= 15 is 0 Å². The van der Waals surface area contributed by atoms with Gasteiger partial charge in [0.05, 0.1) is 11.6 Å². The van der Waals surface area contributed by atoms with Crippen LogP contribution in [0.25, 0.3) is 6.08 Å². The van der Waals surface area contributed by atoms with Gasteiger partial charge in [-0.15, -0.1) is 0 Å². The molecular formula is C18H19N5O4S. The molecule has 1 amide bonds. The maximum Gasteiger partial charge on any atom is 0.433 e. The summed E-state index contributed by atoms with van der Waals surface area (Å²) in [6, 6.07) is 2.58. The van der Waals surface area contributed by atoms with Crippen LogP contribution in [-0.2, 0) is 4.79 Å². The molecule has 0 spiro atoms. The molecule has 3 heterocycles. The molecule has 0 saturated heterocycles. The summed E-state index contributed by atoms with van der Waals surface area (Å²) in [6.07, 6.45) is 9.60. The maximum absolute atomic E-state index is 12.3. The Labute approximate surface area is 165 Å². The van der Waals surface area contributed by atoms with Crippen LogP contribution < -0.4 is 0 Å². The van der Waals surface area contributed by atoms with Crippen LogP contribution in [0.4, 0.5) is 5.88 Å². The van der Waals surface area contributed by atoms with E-state index in [-0.39, 0.29) is 17.2 Å². The topological polar surface area (TPSA) is 125 Å².